The van der Waals surface area contributed by atoms with Gasteiger partial charge in [0.1, 0.15) is 22.7 Å². The highest BCUT2D eigenvalue weighted by atomic mass is 79.9. The Labute approximate surface area is 119 Å². The summed E-state index contributed by atoms with van der Waals surface area (Å²) in [6.07, 6.45) is 0. The van der Waals surface area contributed by atoms with Gasteiger partial charge in [0.15, 0.2) is 0 Å². The van der Waals surface area contributed by atoms with E-state index in [0.29, 0.717) is 41.3 Å². The van der Waals surface area contributed by atoms with E-state index in [9.17, 15) is 4.79 Å². The van der Waals surface area contributed by atoms with E-state index in [1.54, 1.807) is 26.0 Å². The van der Waals surface area contributed by atoms with Gasteiger partial charge in [-0.25, -0.2) is 4.79 Å². The van der Waals surface area contributed by atoms with Gasteiger partial charge in [0.2, 0.25) is 0 Å². The highest BCUT2D eigenvalue weighted by Crippen LogP contribution is 2.35. The van der Waals surface area contributed by atoms with Gasteiger partial charge >= 0.3 is 5.97 Å². The van der Waals surface area contributed by atoms with Crippen molar-refractivity contribution in [1.82, 2.24) is 0 Å². The van der Waals surface area contributed by atoms with Crippen molar-refractivity contribution in [1.29, 1.82) is 0 Å². The zero-order chi connectivity index (χ0) is 14.0. The van der Waals surface area contributed by atoms with Gasteiger partial charge < -0.3 is 13.9 Å². The second kappa shape index (κ2) is 5.65. The van der Waals surface area contributed by atoms with Gasteiger partial charge in [-0.3, -0.25) is 0 Å². The number of carbonyl (C=O) groups excluding carboxylic acids is 1. The molecule has 102 valence electrons. The third-order valence-corrected chi connectivity index (χ3v) is 3.32. The lowest BCUT2D eigenvalue weighted by Crippen LogP contribution is -2.05. The predicted molar refractivity (Wildman–Crippen MR) is 75.8 cm³/mol. The summed E-state index contributed by atoms with van der Waals surface area (Å²) in [5.74, 6) is 0.860. The van der Waals surface area contributed by atoms with Crippen LogP contribution in [0.25, 0.3) is 11.0 Å². The smallest absolute Gasteiger partial charge is 0.342 e. The second-order valence-corrected chi connectivity index (χ2v) is 4.82. The van der Waals surface area contributed by atoms with E-state index in [1.165, 1.54) is 0 Å². The van der Waals surface area contributed by atoms with Crippen LogP contribution in [0.5, 0.6) is 5.75 Å². The highest BCUT2D eigenvalue weighted by Gasteiger charge is 2.21. The van der Waals surface area contributed by atoms with Crippen LogP contribution < -0.4 is 4.74 Å². The number of rotatable bonds is 4. The van der Waals surface area contributed by atoms with Crippen LogP contribution in [0.1, 0.15) is 30.0 Å². The number of benzene rings is 1. The lowest BCUT2D eigenvalue weighted by atomic mass is 10.1. The van der Waals surface area contributed by atoms with Gasteiger partial charge in [-0.15, -0.1) is 0 Å². The highest BCUT2D eigenvalue weighted by molar-refractivity contribution is 9.10. The van der Waals surface area contributed by atoms with Gasteiger partial charge in [0.25, 0.3) is 0 Å². The summed E-state index contributed by atoms with van der Waals surface area (Å²) >= 11 is 3.42. The van der Waals surface area contributed by atoms with Crippen molar-refractivity contribution in [2.24, 2.45) is 0 Å². The van der Waals surface area contributed by atoms with Crippen LogP contribution in [0.2, 0.25) is 0 Å². The molecule has 0 aliphatic heterocycles. The number of hydrogen-bond donors (Lipinski definition) is 0. The quantitative estimate of drug-likeness (QED) is 0.794. The molecule has 4 nitrogen and oxygen atoms in total. The first-order valence-electron chi connectivity index (χ1n) is 6.11. The molecule has 0 aliphatic carbocycles. The van der Waals surface area contributed by atoms with Crippen molar-refractivity contribution in [3.05, 3.63) is 27.9 Å². The molecule has 0 spiro atoms. The molecule has 0 saturated carbocycles. The summed E-state index contributed by atoms with van der Waals surface area (Å²) in [5, 5.41) is 0.711. The van der Waals surface area contributed by atoms with E-state index >= 15 is 0 Å². The Bertz CT molecular complexity index is 615. The lowest BCUT2D eigenvalue weighted by Gasteiger charge is -2.06. The monoisotopic (exact) mass is 326 g/mol. The molecular formula is C14H15BrO4. The zero-order valence-electron chi connectivity index (χ0n) is 11.1. The van der Waals surface area contributed by atoms with Gasteiger partial charge in [0, 0.05) is 5.39 Å². The summed E-state index contributed by atoms with van der Waals surface area (Å²) in [4.78, 5) is 12.0. The van der Waals surface area contributed by atoms with Crippen molar-refractivity contribution in [3.63, 3.8) is 0 Å². The summed E-state index contributed by atoms with van der Waals surface area (Å²) in [6, 6.07) is 3.60. The van der Waals surface area contributed by atoms with Crippen LogP contribution in [0, 0.1) is 6.92 Å². The first-order chi connectivity index (χ1) is 9.08. The first-order valence-corrected chi connectivity index (χ1v) is 6.90. The normalized spacial score (nSPS) is 10.7. The van der Waals surface area contributed by atoms with Gasteiger partial charge in [-0.1, -0.05) is 0 Å². The fourth-order valence-corrected chi connectivity index (χ4v) is 2.38. The number of esters is 1. The standard InChI is InChI=1S/C14H15BrO4/c1-4-17-12-6-9-11(7-10(12)15)19-8(3)13(9)14(16)18-5-2/h6-7H,4-5H2,1-3H3. The Morgan fingerprint density at radius 3 is 2.68 bits per heavy atom. The maximum Gasteiger partial charge on any atom is 0.342 e. The first kappa shape index (κ1) is 13.9. The van der Waals surface area contributed by atoms with E-state index in [-0.39, 0.29) is 5.97 Å². The average molecular weight is 327 g/mol. The molecule has 0 atom stereocenters. The van der Waals surface area contributed by atoms with E-state index < -0.39 is 0 Å². The van der Waals surface area contributed by atoms with Crippen LogP contribution in [-0.4, -0.2) is 19.2 Å². The molecule has 0 aliphatic rings. The van der Waals surface area contributed by atoms with E-state index in [0.717, 1.165) is 4.47 Å². The fourth-order valence-electron chi connectivity index (χ4n) is 1.94. The van der Waals surface area contributed by atoms with Crippen LogP contribution in [0.3, 0.4) is 0 Å². The molecule has 1 aromatic heterocycles. The number of halogens is 1. The molecule has 0 N–H and O–H groups in total. The Kier molecular flexibility index (Phi) is 4.14. The molecule has 1 aromatic carbocycles. The van der Waals surface area contributed by atoms with Crippen LogP contribution in [0.15, 0.2) is 21.0 Å². The predicted octanol–water partition coefficient (Wildman–Crippen LogP) is 4.08. The molecule has 1 heterocycles. The third kappa shape index (κ3) is 2.61. The Hall–Kier alpha value is -1.49. The van der Waals surface area contributed by atoms with Gasteiger partial charge in [-0.05, 0) is 48.8 Å². The molecule has 0 radical (unpaired) electrons. The van der Waals surface area contributed by atoms with Crippen molar-refractivity contribution < 1.29 is 18.7 Å². The van der Waals surface area contributed by atoms with Crippen molar-refractivity contribution >= 4 is 32.9 Å². The van der Waals surface area contributed by atoms with Crippen molar-refractivity contribution in [2.75, 3.05) is 13.2 Å². The molecule has 0 bridgehead atoms. The Morgan fingerprint density at radius 2 is 2.05 bits per heavy atom. The largest absolute Gasteiger partial charge is 0.493 e. The van der Waals surface area contributed by atoms with Crippen molar-refractivity contribution in [3.8, 4) is 5.75 Å². The van der Waals surface area contributed by atoms with Crippen LogP contribution in [-0.2, 0) is 4.74 Å². The molecule has 2 rings (SSSR count). The van der Waals surface area contributed by atoms with Gasteiger partial charge in [0.05, 0.1) is 17.7 Å². The molecule has 0 unspecified atom stereocenters. The Morgan fingerprint density at radius 1 is 1.32 bits per heavy atom. The maximum absolute atomic E-state index is 12.0. The minimum atomic E-state index is -0.372. The SMILES string of the molecule is CCOC(=O)c1c(C)oc2cc(Br)c(OCC)cc12. The number of furan rings is 1. The maximum atomic E-state index is 12.0. The number of carbonyl (C=O) groups is 1. The second-order valence-electron chi connectivity index (χ2n) is 3.97. The number of fused-ring (bicyclic) bond motifs is 1. The summed E-state index contributed by atoms with van der Waals surface area (Å²) in [7, 11) is 0. The summed E-state index contributed by atoms with van der Waals surface area (Å²) < 4.78 is 17.0. The van der Waals surface area contributed by atoms with Gasteiger partial charge in [-0.2, -0.15) is 0 Å². The Balaban J connectivity index is 2.60. The molecule has 0 fully saturated rings. The lowest BCUT2D eigenvalue weighted by molar-refractivity contribution is 0.0526. The fraction of sp³-hybridized carbons (Fsp3) is 0.357. The number of aryl methyl sites for hydroxylation is 1. The third-order valence-electron chi connectivity index (χ3n) is 2.70. The van der Waals surface area contributed by atoms with Crippen molar-refractivity contribution in [2.45, 2.75) is 20.8 Å². The summed E-state index contributed by atoms with van der Waals surface area (Å²) in [5.41, 5.74) is 1.10. The van der Waals surface area contributed by atoms with Crippen LogP contribution in [0.4, 0.5) is 0 Å². The minimum absolute atomic E-state index is 0.333. The van der Waals surface area contributed by atoms with Crippen LogP contribution >= 0.6 is 15.9 Å². The molecule has 0 amide bonds. The van der Waals surface area contributed by atoms with E-state index in [4.69, 9.17) is 13.9 Å². The summed E-state index contributed by atoms with van der Waals surface area (Å²) in [6.45, 7) is 6.32. The number of hydrogen-bond acceptors (Lipinski definition) is 4. The average Bonchev–Trinajstić information content (AvgIpc) is 2.65. The molecule has 0 saturated heterocycles. The molecule has 19 heavy (non-hydrogen) atoms. The topological polar surface area (TPSA) is 48.7 Å². The molecular weight excluding hydrogens is 312 g/mol. The molecule has 5 heteroatoms. The zero-order valence-corrected chi connectivity index (χ0v) is 12.7. The molecule has 2 aromatic rings. The van der Waals surface area contributed by atoms with E-state index in [1.807, 2.05) is 6.92 Å². The van der Waals surface area contributed by atoms with E-state index in [2.05, 4.69) is 15.9 Å². The number of ether oxygens (including phenoxy) is 2. The minimum Gasteiger partial charge on any atom is -0.493 e.